The number of carboxylic acids is 1. The Kier molecular flexibility index (Phi) is 5.90. The third-order valence-electron chi connectivity index (χ3n) is 4.68. The number of rotatable bonds is 8. The zero-order chi connectivity index (χ0) is 19.2. The van der Waals surface area contributed by atoms with Crippen molar-refractivity contribution in [3.8, 4) is 0 Å². The van der Waals surface area contributed by atoms with Gasteiger partial charge in [0, 0.05) is 19.4 Å². The maximum Gasteiger partial charge on any atom is 0.303 e. The van der Waals surface area contributed by atoms with Gasteiger partial charge in [0.1, 0.15) is 5.76 Å². The molecule has 0 saturated carbocycles. The highest BCUT2D eigenvalue weighted by Crippen LogP contribution is 2.24. The summed E-state index contributed by atoms with van der Waals surface area (Å²) in [6.45, 7) is 0.669. The van der Waals surface area contributed by atoms with E-state index in [0.717, 1.165) is 5.56 Å². The maximum atomic E-state index is 12.7. The van der Waals surface area contributed by atoms with Gasteiger partial charge in [-0.1, -0.05) is 30.3 Å². The van der Waals surface area contributed by atoms with Gasteiger partial charge in [-0.3, -0.25) is 14.4 Å². The van der Waals surface area contributed by atoms with Crippen molar-refractivity contribution < 1.29 is 23.9 Å². The number of carboxylic acid groups (broad SMARTS) is 1. The van der Waals surface area contributed by atoms with Crippen molar-refractivity contribution in [1.82, 2.24) is 10.2 Å². The van der Waals surface area contributed by atoms with Crippen molar-refractivity contribution in [3.63, 3.8) is 0 Å². The summed E-state index contributed by atoms with van der Waals surface area (Å²) in [5.74, 6) is -1.01. The van der Waals surface area contributed by atoms with Gasteiger partial charge in [-0.05, 0) is 24.1 Å². The lowest BCUT2D eigenvalue weighted by molar-refractivity contribution is -0.137. The number of amides is 2. The molecule has 2 amide bonds. The fraction of sp³-hybridized carbons (Fsp3) is 0.350. The second kappa shape index (κ2) is 8.53. The van der Waals surface area contributed by atoms with Crippen LogP contribution in [0.4, 0.5) is 0 Å². The van der Waals surface area contributed by atoms with E-state index in [9.17, 15) is 14.4 Å². The first-order chi connectivity index (χ1) is 13.0. The summed E-state index contributed by atoms with van der Waals surface area (Å²) in [4.78, 5) is 37.5. The molecule has 142 valence electrons. The number of nitrogens with zero attached hydrogens (tertiary/aromatic N) is 1. The van der Waals surface area contributed by atoms with Gasteiger partial charge in [0.15, 0.2) is 0 Å². The third-order valence-corrected chi connectivity index (χ3v) is 4.68. The number of likely N-dealkylation sites (tertiary alicyclic amines) is 1. The Hall–Kier alpha value is -3.09. The summed E-state index contributed by atoms with van der Waals surface area (Å²) in [5.41, 5.74) is 0.851. The van der Waals surface area contributed by atoms with Crippen LogP contribution in [0.15, 0.2) is 53.1 Å². The first-order valence-corrected chi connectivity index (χ1v) is 8.90. The molecule has 0 radical (unpaired) electrons. The van der Waals surface area contributed by atoms with Crippen LogP contribution < -0.4 is 5.32 Å². The third kappa shape index (κ3) is 4.97. The SMILES string of the molecule is O=C(O)CCC(NC(=O)C1CC(=O)N(Cc2ccco2)C1)c1ccccc1. The molecule has 1 aromatic heterocycles. The number of carbonyl (C=O) groups excluding carboxylic acids is 2. The smallest absolute Gasteiger partial charge is 0.303 e. The Morgan fingerprint density at radius 2 is 2.00 bits per heavy atom. The Morgan fingerprint density at radius 3 is 2.67 bits per heavy atom. The van der Waals surface area contributed by atoms with E-state index in [1.54, 1.807) is 23.3 Å². The molecular formula is C20H22N2O5. The zero-order valence-corrected chi connectivity index (χ0v) is 14.8. The number of furan rings is 1. The number of hydrogen-bond acceptors (Lipinski definition) is 4. The van der Waals surface area contributed by atoms with Crippen LogP contribution in [0.1, 0.15) is 36.6 Å². The molecule has 1 saturated heterocycles. The van der Waals surface area contributed by atoms with Crippen molar-refractivity contribution in [2.45, 2.75) is 31.8 Å². The molecule has 2 atom stereocenters. The van der Waals surface area contributed by atoms with Crippen molar-refractivity contribution in [1.29, 1.82) is 0 Å². The number of aliphatic carboxylic acids is 1. The first kappa shape index (κ1) is 18.7. The van der Waals surface area contributed by atoms with Crippen molar-refractivity contribution >= 4 is 17.8 Å². The molecule has 2 N–H and O–H groups in total. The highest BCUT2D eigenvalue weighted by Gasteiger charge is 2.35. The van der Waals surface area contributed by atoms with Gasteiger partial charge in [-0.2, -0.15) is 0 Å². The minimum Gasteiger partial charge on any atom is -0.481 e. The van der Waals surface area contributed by atoms with Gasteiger partial charge < -0.3 is 19.7 Å². The van der Waals surface area contributed by atoms with Crippen LogP contribution >= 0.6 is 0 Å². The molecule has 3 rings (SSSR count). The summed E-state index contributed by atoms with van der Waals surface area (Å²) in [6.07, 6.45) is 1.94. The lowest BCUT2D eigenvalue weighted by Gasteiger charge is -2.21. The van der Waals surface area contributed by atoms with Crippen LogP contribution in [-0.2, 0) is 20.9 Å². The molecule has 2 unspecified atom stereocenters. The van der Waals surface area contributed by atoms with Gasteiger partial charge >= 0.3 is 5.97 Å². The normalized spacial score (nSPS) is 17.7. The quantitative estimate of drug-likeness (QED) is 0.743. The Labute approximate surface area is 157 Å². The van der Waals surface area contributed by atoms with Crippen molar-refractivity contribution in [3.05, 3.63) is 60.1 Å². The van der Waals surface area contributed by atoms with E-state index < -0.39 is 17.9 Å². The largest absolute Gasteiger partial charge is 0.481 e. The Bertz CT molecular complexity index is 788. The fourth-order valence-corrected chi connectivity index (χ4v) is 3.26. The van der Waals surface area contributed by atoms with Crippen molar-refractivity contribution in [2.75, 3.05) is 6.54 Å². The molecule has 27 heavy (non-hydrogen) atoms. The zero-order valence-electron chi connectivity index (χ0n) is 14.8. The van der Waals surface area contributed by atoms with Crippen LogP contribution in [0.5, 0.6) is 0 Å². The van der Waals surface area contributed by atoms with Gasteiger partial charge in [0.25, 0.3) is 0 Å². The Balaban J connectivity index is 1.63. The highest BCUT2D eigenvalue weighted by atomic mass is 16.4. The molecule has 1 aliphatic heterocycles. The predicted molar refractivity (Wildman–Crippen MR) is 96.4 cm³/mol. The molecule has 2 aromatic rings. The van der Waals surface area contributed by atoms with Crippen molar-refractivity contribution in [2.24, 2.45) is 5.92 Å². The molecule has 1 fully saturated rings. The number of nitrogens with one attached hydrogen (secondary N) is 1. The van der Waals surface area contributed by atoms with Gasteiger partial charge in [-0.25, -0.2) is 0 Å². The van der Waals surface area contributed by atoms with Crippen LogP contribution in [-0.4, -0.2) is 34.3 Å². The monoisotopic (exact) mass is 370 g/mol. The minimum absolute atomic E-state index is 0.0476. The molecular weight excluding hydrogens is 348 g/mol. The summed E-state index contributed by atoms with van der Waals surface area (Å²) in [7, 11) is 0. The maximum absolute atomic E-state index is 12.7. The second-order valence-electron chi connectivity index (χ2n) is 6.66. The molecule has 7 nitrogen and oxygen atoms in total. The number of hydrogen-bond donors (Lipinski definition) is 2. The molecule has 0 bridgehead atoms. The summed E-state index contributed by atoms with van der Waals surface area (Å²) < 4.78 is 5.27. The summed E-state index contributed by atoms with van der Waals surface area (Å²) >= 11 is 0. The van der Waals surface area contributed by atoms with Gasteiger partial charge in [-0.15, -0.1) is 0 Å². The van der Waals surface area contributed by atoms with E-state index in [1.165, 1.54) is 0 Å². The lowest BCUT2D eigenvalue weighted by atomic mass is 10.00. The number of carbonyl (C=O) groups is 3. The van der Waals surface area contributed by atoms with Crippen LogP contribution in [0, 0.1) is 5.92 Å². The summed E-state index contributed by atoms with van der Waals surface area (Å²) in [6, 6.07) is 12.4. The van der Waals surface area contributed by atoms with E-state index in [2.05, 4.69) is 5.32 Å². The average molecular weight is 370 g/mol. The lowest BCUT2D eigenvalue weighted by Crippen LogP contribution is -2.35. The molecule has 1 aromatic carbocycles. The minimum atomic E-state index is -0.911. The van der Waals surface area contributed by atoms with Gasteiger partial charge in [0.2, 0.25) is 11.8 Å². The molecule has 1 aliphatic rings. The predicted octanol–water partition coefficient (Wildman–Crippen LogP) is 2.35. The van der Waals surface area contributed by atoms with Crippen LogP contribution in [0.25, 0.3) is 0 Å². The van der Waals surface area contributed by atoms with E-state index in [1.807, 2.05) is 30.3 Å². The van der Waals surface area contributed by atoms with Gasteiger partial charge in [0.05, 0.1) is 24.8 Å². The van der Waals surface area contributed by atoms with E-state index >= 15 is 0 Å². The Morgan fingerprint density at radius 1 is 1.22 bits per heavy atom. The second-order valence-corrected chi connectivity index (χ2v) is 6.66. The number of benzene rings is 1. The van der Waals surface area contributed by atoms with Crippen LogP contribution in [0.2, 0.25) is 0 Å². The molecule has 0 spiro atoms. The molecule has 7 heteroatoms. The van der Waals surface area contributed by atoms with E-state index in [4.69, 9.17) is 9.52 Å². The van der Waals surface area contributed by atoms with E-state index in [-0.39, 0.29) is 24.7 Å². The topological polar surface area (TPSA) is 99.8 Å². The van der Waals surface area contributed by atoms with Crippen LogP contribution in [0.3, 0.4) is 0 Å². The molecule has 2 heterocycles. The standard InChI is InChI=1S/C20H22N2O5/c23-18-11-15(12-22(18)13-16-7-4-10-27-16)20(26)21-17(8-9-19(24)25)14-5-2-1-3-6-14/h1-7,10,15,17H,8-9,11-13H2,(H,21,26)(H,24,25). The average Bonchev–Trinajstić information content (AvgIpc) is 3.29. The first-order valence-electron chi connectivity index (χ1n) is 8.90. The van der Waals surface area contributed by atoms with E-state index in [0.29, 0.717) is 25.3 Å². The molecule has 0 aliphatic carbocycles. The summed E-state index contributed by atoms with van der Waals surface area (Å²) in [5, 5.41) is 11.9. The fourth-order valence-electron chi connectivity index (χ4n) is 3.26. The highest BCUT2D eigenvalue weighted by molar-refractivity contribution is 5.89.